The quantitative estimate of drug-likeness (QED) is 0.252. The van der Waals surface area contributed by atoms with Crippen LogP contribution in [-0.4, -0.2) is 51.6 Å². The normalized spacial score (nSPS) is 14.9. The summed E-state index contributed by atoms with van der Waals surface area (Å²) in [4.78, 5) is 42.6. The van der Waals surface area contributed by atoms with Crippen molar-refractivity contribution in [1.29, 1.82) is 0 Å². The number of hydrogen-bond donors (Lipinski definition) is 3. The van der Waals surface area contributed by atoms with Crippen molar-refractivity contribution in [2.75, 3.05) is 0 Å². The minimum Gasteiger partial charge on any atom is -0.508 e. The van der Waals surface area contributed by atoms with Gasteiger partial charge in [-0.15, -0.1) is 0 Å². The number of nitrogens with one attached hydrogen (secondary N) is 2. The second-order valence-corrected chi connectivity index (χ2v) is 12.6. The Balaban J connectivity index is 3.65. The minimum absolute atomic E-state index is 0.0600. The molecule has 0 aliphatic rings. The summed E-state index contributed by atoms with van der Waals surface area (Å²) in [5.41, 5.74) is -0.378. The molecule has 0 fully saturated rings. The minimum atomic E-state index is -1.07. The first kappa shape index (κ1) is 34.3. The fourth-order valence-corrected chi connectivity index (χ4v) is 4.60. The molecule has 4 unspecified atom stereocenters. The number of carbonyl (C=O) groups excluding carboxylic acids is 3. The molecule has 0 saturated heterocycles. The number of hydrogen-bond acceptors (Lipinski definition) is 5. The van der Waals surface area contributed by atoms with Gasteiger partial charge in [-0.25, -0.2) is 4.79 Å². The molecule has 8 heteroatoms. The molecule has 0 aliphatic heterocycles. The van der Waals surface area contributed by atoms with Gasteiger partial charge in [-0.1, -0.05) is 59.2 Å². The van der Waals surface area contributed by atoms with E-state index < -0.39 is 23.8 Å². The first-order valence-electron chi connectivity index (χ1n) is 14.5. The van der Waals surface area contributed by atoms with E-state index in [2.05, 4.69) is 24.5 Å². The maximum absolute atomic E-state index is 14.4. The Kier molecular flexibility index (Phi) is 13.8. The molecule has 0 saturated carbocycles. The first-order chi connectivity index (χ1) is 18.1. The molecule has 1 aromatic carbocycles. The van der Waals surface area contributed by atoms with Crippen LogP contribution in [0.3, 0.4) is 0 Å². The van der Waals surface area contributed by atoms with E-state index in [9.17, 15) is 19.5 Å². The summed E-state index contributed by atoms with van der Waals surface area (Å²) < 4.78 is 5.47. The third kappa shape index (κ3) is 11.9. The molecule has 4 atom stereocenters. The monoisotopic (exact) mass is 547 g/mol. The Bertz CT molecular complexity index is 925. The predicted molar refractivity (Wildman–Crippen MR) is 156 cm³/mol. The third-order valence-electron chi connectivity index (χ3n) is 6.46. The molecule has 8 nitrogen and oxygen atoms in total. The molecule has 0 spiro atoms. The van der Waals surface area contributed by atoms with E-state index in [1.807, 2.05) is 34.6 Å². The Morgan fingerprint density at radius 1 is 0.923 bits per heavy atom. The lowest BCUT2D eigenvalue weighted by Gasteiger charge is -2.39. The Morgan fingerprint density at radius 3 is 2.05 bits per heavy atom. The zero-order valence-electron chi connectivity index (χ0n) is 25.8. The van der Waals surface area contributed by atoms with Crippen molar-refractivity contribution in [3.63, 3.8) is 0 Å². The molecule has 1 rings (SSSR count). The predicted octanol–water partition coefficient (Wildman–Crippen LogP) is 6.33. The molecular formula is C31H53N3O5. The molecule has 0 radical (unpaired) electrons. The van der Waals surface area contributed by atoms with Gasteiger partial charge in [-0.2, -0.15) is 0 Å². The maximum Gasteiger partial charge on any atom is 0.408 e. The number of ether oxygens (including phenoxy) is 1. The zero-order chi connectivity index (χ0) is 29.9. The van der Waals surface area contributed by atoms with Gasteiger partial charge >= 0.3 is 6.09 Å². The van der Waals surface area contributed by atoms with Crippen LogP contribution < -0.4 is 10.6 Å². The number of phenolic OH excluding ortho intramolecular Hbond substituents is 1. The van der Waals surface area contributed by atoms with E-state index in [0.29, 0.717) is 24.3 Å². The smallest absolute Gasteiger partial charge is 0.408 e. The van der Waals surface area contributed by atoms with Crippen LogP contribution in [0, 0.1) is 11.8 Å². The van der Waals surface area contributed by atoms with Gasteiger partial charge in [0, 0.05) is 17.6 Å². The van der Waals surface area contributed by atoms with Crippen LogP contribution in [-0.2, 0) is 14.3 Å². The van der Waals surface area contributed by atoms with E-state index >= 15 is 0 Å². The molecule has 0 bridgehead atoms. The summed E-state index contributed by atoms with van der Waals surface area (Å²) >= 11 is 0. The Labute approximate surface area is 236 Å². The molecule has 222 valence electrons. The lowest BCUT2D eigenvalue weighted by atomic mass is 9.94. The number of alkyl carbamates (subject to hydrolysis) is 1. The topological polar surface area (TPSA) is 108 Å². The summed E-state index contributed by atoms with van der Waals surface area (Å²) in [6.07, 6.45) is 2.87. The average molecular weight is 548 g/mol. The lowest BCUT2D eigenvalue weighted by molar-refractivity contribution is -0.145. The van der Waals surface area contributed by atoms with Gasteiger partial charge in [0.25, 0.3) is 0 Å². The molecule has 0 aromatic heterocycles. The summed E-state index contributed by atoms with van der Waals surface area (Å²) in [6.45, 7) is 19.4. The summed E-state index contributed by atoms with van der Waals surface area (Å²) in [5, 5.41) is 16.7. The van der Waals surface area contributed by atoms with Crippen molar-refractivity contribution in [2.24, 2.45) is 11.8 Å². The summed E-state index contributed by atoms with van der Waals surface area (Å²) in [5.74, 6) is -0.309. The summed E-state index contributed by atoms with van der Waals surface area (Å²) in [7, 11) is 0. The molecule has 0 heterocycles. The van der Waals surface area contributed by atoms with E-state index in [-0.39, 0.29) is 35.6 Å². The number of para-hydroxylation sites is 1. The van der Waals surface area contributed by atoms with Gasteiger partial charge in [-0.3, -0.25) is 9.59 Å². The van der Waals surface area contributed by atoms with Crippen molar-refractivity contribution in [3.05, 3.63) is 29.8 Å². The van der Waals surface area contributed by atoms with Crippen LogP contribution in [0.4, 0.5) is 4.79 Å². The number of amides is 3. The number of phenols is 1. The SMILES string of the molecule is CCCC(C)NC(=O)C(c1ccccc1O)N(C(=O)C(CC(C)C)NC(=O)OC(C)(C)C)C(C)CCC(C)C. The number of aromatic hydroxyl groups is 1. The van der Waals surface area contributed by atoms with Crippen molar-refractivity contribution >= 4 is 17.9 Å². The lowest BCUT2D eigenvalue weighted by Crippen LogP contribution is -2.56. The second-order valence-electron chi connectivity index (χ2n) is 12.6. The number of benzene rings is 1. The maximum atomic E-state index is 14.4. The van der Waals surface area contributed by atoms with E-state index in [1.165, 1.54) is 6.07 Å². The fourth-order valence-electron chi connectivity index (χ4n) is 4.60. The van der Waals surface area contributed by atoms with E-state index in [1.54, 1.807) is 43.9 Å². The van der Waals surface area contributed by atoms with E-state index in [0.717, 1.165) is 19.3 Å². The van der Waals surface area contributed by atoms with Crippen molar-refractivity contribution in [1.82, 2.24) is 15.5 Å². The van der Waals surface area contributed by atoms with E-state index in [4.69, 9.17) is 4.74 Å². The van der Waals surface area contributed by atoms with Crippen LogP contribution >= 0.6 is 0 Å². The standard InChI is InChI=1S/C31H53N3O5/c1-11-14-22(6)32-28(36)27(24-15-12-13-16-26(24)35)34(23(7)18-17-20(2)3)29(37)25(19-21(4)5)33-30(38)39-31(8,9)10/h12-13,15-16,20-23,25,27,35H,11,14,17-19H2,1-10H3,(H,32,36)(H,33,38). The van der Waals surface area contributed by atoms with Gasteiger partial charge in [0.2, 0.25) is 11.8 Å². The highest BCUT2D eigenvalue weighted by atomic mass is 16.6. The molecule has 39 heavy (non-hydrogen) atoms. The fraction of sp³-hybridized carbons (Fsp3) is 0.710. The molecular weight excluding hydrogens is 494 g/mol. The Hall–Kier alpha value is -2.77. The first-order valence-corrected chi connectivity index (χ1v) is 14.5. The Morgan fingerprint density at radius 2 is 1.54 bits per heavy atom. The van der Waals surface area contributed by atoms with Crippen LogP contribution in [0.5, 0.6) is 5.75 Å². The largest absolute Gasteiger partial charge is 0.508 e. The average Bonchev–Trinajstić information content (AvgIpc) is 2.79. The van der Waals surface area contributed by atoms with Crippen LogP contribution in [0.2, 0.25) is 0 Å². The van der Waals surface area contributed by atoms with Gasteiger partial charge in [0.1, 0.15) is 23.4 Å². The van der Waals surface area contributed by atoms with Gasteiger partial charge in [0.15, 0.2) is 0 Å². The van der Waals surface area contributed by atoms with Crippen molar-refractivity contribution < 1.29 is 24.2 Å². The van der Waals surface area contributed by atoms with Crippen LogP contribution in [0.1, 0.15) is 113 Å². The highest BCUT2D eigenvalue weighted by molar-refractivity contribution is 5.92. The van der Waals surface area contributed by atoms with Crippen LogP contribution in [0.15, 0.2) is 24.3 Å². The third-order valence-corrected chi connectivity index (χ3v) is 6.46. The van der Waals surface area contributed by atoms with Gasteiger partial charge in [0.05, 0.1) is 0 Å². The highest BCUT2D eigenvalue weighted by Gasteiger charge is 2.40. The number of rotatable bonds is 14. The number of nitrogens with zero attached hydrogens (tertiary/aromatic N) is 1. The number of carbonyl (C=O) groups is 3. The van der Waals surface area contributed by atoms with Crippen LogP contribution in [0.25, 0.3) is 0 Å². The second kappa shape index (κ2) is 15.7. The van der Waals surface area contributed by atoms with Gasteiger partial charge in [-0.05, 0) is 78.2 Å². The van der Waals surface area contributed by atoms with Crippen molar-refractivity contribution in [3.8, 4) is 5.75 Å². The summed E-state index contributed by atoms with van der Waals surface area (Å²) in [6, 6.07) is 4.21. The van der Waals surface area contributed by atoms with Gasteiger partial charge < -0.3 is 25.4 Å². The molecule has 3 amide bonds. The highest BCUT2D eigenvalue weighted by Crippen LogP contribution is 2.33. The zero-order valence-corrected chi connectivity index (χ0v) is 25.8. The van der Waals surface area contributed by atoms with Crippen molar-refractivity contribution in [2.45, 2.75) is 131 Å². The molecule has 1 aromatic rings. The molecule has 3 N–H and O–H groups in total. The molecule has 0 aliphatic carbocycles.